The zero-order valence-electron chi connectivity index (χ0n) is 23.0. The van der Waals surface area contributed by atoms with Crippen LogP contribution in [0.1, 0.15) is 36.8 Å². The lowest BCUT2D eigenvalue weighted by Crippen LogP contribution is -2.34. The van der Waals surface area contributed by atoms with Crippen LogP contribution in [0.3, 0.4) is 0 Å². The Kier molecular flexibility index (Phi) is 10.8. The second-order valence-electron chi connectivity index (χ2n) is 10.2. The van der Waals surface area contributed by atoms with Gasteiger partial charge in [-0.2, -0.15) is 0 Å². The highest BCUT2D eigenvalue weighted by atomic mass is 35.5. The molecule has 2 aromatic carbocycles. The predicted molar refractivity (Wildman–Crippen MR) is 154 cm³/mol. The van der Waals surface area contributed by atoms with Crippen molar-refractivity contribution in [3.05, 3.63) is 46.5 Å². The summed E-state index contributed by atoms with van der Waals surface area (Å²) in [6.07, 6.45) is 3.80. The molecule has 0 spiro atoms. The second kappa shape index (κ2) is 13.6. The second-order valence-corrected chi connectivity index (χ2v) is 12.1. The minimum atomic E-state index is -1.37. The largest absolute Gasteiger partial charge is 0.497 e. The van der Waals surface area contributed by atoms with Crippen molar-refractivity contribution in [2.45, 2.75) is 44.4 Å². The molecule has 3 rings (SSSR count). The number of piperidine rings is 1. The third-order valence-corrected chi connectivity index (χ3v) is 9.00. The predicted octanol–water partition coefficient (Wildman–Crippen LogP) is 5.12. The van der Waals surface area contributed by atoms with E-state index in [-0.39, 0.29) is 12.3 Å². The quantitative estimate of drug-likeness (QED) is 0.422. The summed E-state index contributed by atoms with van der Waals surface area (Å²) in [5, 5.41) is 3.58. The minimum Gasteiger partial charge on any atom is -0.497 e. The Hall–Kier alpha value is -2.13. The van der Waals surface area contributed by atoms with Crippen molar-refractivity contribution in [3.8, 4) is 5.75 Å². The highest BCUT2D eigenvalue weighted by molar-refractivity contribution is 7.82. The first kappa shape index (κ1) is 29.4. The fourth-order valence-electron chi connectivity index (χ4n) is 4.77. The summed E-state index contributed by atoms with van der Waals surface area (Å²) in [4.78, 5) is 18.0. The van der Waals surface area contributed by atoms with E-state index in [1.807, 2.05) is 44.2 Å². The molecule has 9 heteroatoms. The van der Waals surface area contributed by atoms with Gasteiger partial charge in [0.2, 0.25) is 5.91 Å². The number of ether oxygens (including phenoxy) is 1. The van der Waals surface area contributed by atoms with Crippen LogP contribution in [0.2, 0.25) is 5.02 Å². The molecule has 1 fully saturated rings. The molecule has 1 aliphatic heterocycles. The zero-order valence-corrected chi connectivity index (χ0v) is 24.5. The van der Waals surface area contributed by atoms with Gasteiger partial charge in [0.1, 0.15) is 16.7 Å². The van der Waals surface area contributed by atoms with Crippen molar-refractivity contribution in [2.24, 2.45) is 5.92 Å². The number of halogens is 1. The topological polar surface area (TPSA) is 65.1 Å². The molecular weight excluding hydrogens is 508 g/mol. The van der Waals surface area contributed by atoms with Gasteiger partial charge in [0.05, 0.1) is 22.7 Å². The number of amides is 1. The summed E-state index contributed by atoms with van der Waals surface area (Å²) in [5.41, 5.74) is 3.49. The lowest BCUT2D eigenvalue weighted by Gasteiger charge is -2.34. The van der Waals surface area contributed by atoms with E-state index in [4.69, 9.17) is 16.3 Å². The number of methoxy groups -OCH3 is 1. The number of rotatable bonds is 11. The lowest BCUT2D eigenvalue weighted by atomic mass is 9.93. The smallest absolute Gasteiger partial charge is 0.225 e. The fourth-order valence-corrected chi connectivity index (χ4v) is 6.31. The van der Waals surface area contributed by atoms with Crippen LogP contribution in [-0.2, 0) is 15.8 Å². The van der Waals surface area contributed by atoms with Gasteiger partial charge >= 0.3 is 0 Å². The van der Waals surface area contributed by atoms with Gasteiger partial charge in [-0.3, -0.25) is 4.79 Å². The van der Waals surface area contributed by atoms with E-state index in [0.717, 1.165) is 53.0 Å². The van der Waals surface area contributed by atoms with E-state index < -0.39 is 11.0 Å². The zero-order chi connectivity index (χ0) is 27.1. The van der Waals surface area contributed by atoms with Gasteiger partial charge < -0.3 is 19.9 Å². The monoisotopic (exact) mass is 548 g/mol. The molecule has 0 aromatic heterocycles. The van der Waals surface area contributed by atoms with Crippen LogP contribution >= 0.6 is 11.6 Å². The van der Waals surface area contributed by atoms with Crippen LogP contribution < -0.4 is 15.0 Å². The third-order valence-electron chi connectivity index (χ3n) is 6.95. The van der Waals surface area contributed by atoms with E-state index in [1.165, 1.54) is 19.3 Å². The first-order valence-corrected chi connectivity index (χ1v) is 14.3. The molecule has 1 heterocycles. The first-order chi connectivity index (χ1) is 17.6. The number of carbonyl (C=O) groups excluding carboxylic acids is 1. The molecule has 1 N–H and O–H groups in total. The molecule has 0 saturated carbocycles. The number of nitrogens with one attached hydrogen (secondary N) is 1. The van der Waals surface area contributed by atoms with Crippen LogP contribution in [0.5, 0.6) is 5.75 Å². The maximum atomic E-state index is 13.1. The fraction of sp³-hybridized carbons (Fsp3) is 0.536. The molecule has 0 aliphatic carbocycles. The number of nitrogens with zero attached hydrogens (tertiary/aromatic N) is 3. The first-order valence-electron chi connectivity index (χ1n) is 12.9. The van der Waals surface area contributed by atoms with E-state index in [2.05, 4.69) is 29.2 Å². The molecule has 1 saturated heterocycles. The van der Waals surface area contributed by atoms with Gasteiger partial charge in [0.25, 0.3) is 0 Å². The van der Waals surface area contributed by atoms with Crippen molar-refractivity contribution in [3.63, 3.8) is 0 Å². The van der Waals surface area contributed by atoms with Gasteiger partial charge in [-0.05, 0) is 101 Å². The van der Waals surface area contributed by atoms with Crippen molar-refractivity contribution >= 4 is 39.9 Å². The molecule has 1 atom stereocenters. The summed E-state index contributed by atoms with van der Waals surface area (Å²) in [6, 6.07) is 9.47. The molecule has 2 aromatic rings. The summed E-state index contributed by atoms with van der Waals surface area (Å²) >= 11 is 6.62. The summed E-state index contributed by atoms with van der Waals surface area (Å²) < 4.78 is 20.1. The number of hydrogen-bond acceptors (Lipinski definition) is 5. The molecular formula is C28H41ClN4O3S. The van der Waals surface area contributed by atoms with Crippen LogP contribution in [0.25, 0.3) is 0 Å². The van der Waals surface area contributed by atoms with Crippen LogP contribution in [0.15, 0.2) is 35.2 Å². The summed E-state index contributed by atoms with van der Waals surface area (Å²) in [5.74, 6) is 1.37. The number of hydrogen-bond donors (Lipinski definition) is 1. The molecule has 37 heavy (non-hydrogen) atoms. The number of carbonyl (C=O) groups is 1. The van der Waals surface area contributed by atoms with Gasteiger partial charge in [-0.25, -0.2) is 8.51 Å². The lowest BCUT2D eigenvalue weighted by molar-refractivity contribution is -0.116. The molecule has 7 nitrogen and oxygen atoms in total. The summed E-state index contributed by atoms with van der Waals surface area (Å²) in [6.45, 7) is 7.33. The van der Waals surface area contributed by atoms with Crippen molar-refractivity contribution in [2.75, 3.05) is 64.6 Å². The Labute approximate surface area is 229 Å². The van der Waals surface area contributed by atoms with Crippen molar-refractivity contribution in [1.82, 2.24) is 9.21 Å². The Morgan fingerprint density at radius 1 is 1.11 bits per heavy atom. The van der Waals surface area contributed by atoms with E-state index >= 15 is 0 Å². The van der Waals surface area contributed by atoms with E-state index in [9.17, 15) is 9.00 Å². The Balaban J connectivity index is 1.51. The Morgan fingerprint density at radius 2 is 1.76 bits per heavy atom. The SMILES string of the molecule is COc1cc(C)c(S(=O)N(C)CCC(=O)Nc2ccc(N3CCC(CCN(C)C)CC3)c(Cl)c2)c(C)c1. The van der Waals surface area contributed by atoms with E-state index in [1.54, 1.807) is 18.5 Å². The highest BCUT2D eigenvalue weighted by Gasteiger charge is 2.22. The molecule has 0 radical (unpaired) electrons. The molecule has 0 bridgehead atoms. The van der Waals surface area contributed by atoms with Gasteiger partial charge in [0.15, 0.2) is 0 Å². The van der Waals surface area contributed by atoms with Crippen molar-refractivity contribution in [1.29, 1.82) is 0 Å². The number of aryl methyl sites for hydroxylation is 2. The average Bonchev–Trinajstić information content (AvgIpc) is 2.86. The molecule has 1 amide bonds. The normalized spacial score (nSPS) is 15.3. The Morgan fingerprint density at radius 3 is 2.32 bits per heavy atom. The van der Waals surface area contributed by atoms with Crippen LogP contribution in [0, 0.1) is 19.8 Å². The number of benzene rings is 2. The maximum Gasteiger partial charge on any atom is 0.225 e. The van der Waals surface area contributed by atoms with Gasteiger partial charge in [-0.1, -0.05) is 11.6 Å². The van der Waals surface area contributed by atoms with Gasteiger partial charge in [0, 0.05) is 38.8 Å². The number of anilines is 2. The minimum absolute atomic E-state index is 0.141. The third kappa shape index (κ3) is 8.18. The maximum absolute atomic E-state index is 13.1. The van der Waals surface area contributed by atoms with Crippen LogP contribution in [0.4, 0.5) is 11.4 Å². The molecule has 1 aliphatic rings. The van der Waals surface area contributed by atoms with Crippen molar-refractivity contribution < 1.29 is 13.7 Å². The van der Waals surface area contributed by atoms with Gasteiger partial charge in [-0.15, -0.1) is 0 Å². The highest BCUT2D eigenvalue weighted by Crippen LogP contribution is 2.33. The Bertz CT molecular complexity index is 1080. The average molecular weight is 549 g/mol. The van der Waals surface area contributed by atoms with E-state index in [0.29, 0.717) is 17.3 Å². The van der Waals surface area contributed by atoms with Crippen LogP contribution in [-0.4, -0.2) is 73.8 Å². The standard InChI is InChI=1S/C28H41ClN4O3S/c1-20-17-24(36-6)18-21(2)28(20)37(35)32(5)14-12-27(34)30-23-7-8-26(25(29)19-23)33-15-10-22(11-16-33)9-13-31(3)4/h7-8,17-19,22H,9-16H2,1-6H3,(H,30,34). The summed E-state index contributed by atoms with van der Waals surface area (Å²) in [7, 11) is 6.26. The molecule has 204 valence electrons. The molecule has 1 unspecified atom stereocenters.